The first kappa shape index (κ1) is 41.4. The molecule has 64 heavy (non-hydrogen) atoms. The van der Waals surface area contributed by atoms with Crippen LogP contribution in [0.2, 0.25) is 0 Å². The van der Waals surface area contributed by atoms with Crippen molar-refractivity contribution in [2.45, 2.75) is 12.1 Å². The highest BCUT2D eigenvalue weighted by Crippen LogP contribution is 2.44. The molecular formula is C49H38F2N8O5. The highest BCUT2D eigenvalue weighted by molar-refractivity contribution is 5.84. The first-order chi connectivity index (χ1) is 31.4. The lowest BCUT2D eigenvalue weighted by Gasteiger charge is -2.24. The standard InChI is InChI=1S/C49H38F2N8O5/c50-34-20-16-32(17-21-34)42-44(39-24-26-52-48(54-39)63-37-12-6-2-7-13-37)58(36(28-60)29-61)46(56-42)47-57-43(33-18-22-35(51)23-19-33)45(59(47)41(30-62)31-10-4-1-5-11-31)40-25-27-53-49(55-40)64-38-14-8-3-9-15-38/h1-27,36,41,60-62H,28-30H2. The van der Waals surface area contributed by atoms with Gasteiger partial charge in [-0.2, -0.15) is 9.97 Å². The van der Waals surface area contributed by atoms with Gasteiger partial charge in [-0.3, -0.25) is 0 Å². The van der Waals surface area contributed by atoms with Crippen LogP contribution in [0.25, 0.3) is 56.9 Å². The van der Waals surface area contributed by atoms with Gasteiger partial charge in [0.25, 0.3) is 0 Å². The van der Waals surface area contributed by atoms with Gasteiger partial charge in [0.1, 0.15) is 23.1 Å². The molecule has 0 amide bonds. The summed E-state index contributed by atoms with van der Waals surface area (Å²) in [4.78, 5) is 28.9. The zero-order valence-electron chi connectivity index (χ0n) is 33.9. The van der Waals surface area contributed by atoms with Gasteiger partial charge in [-0.25, -0.2) is 28.7 Å². The first-order valence-electron chi connectivity index (χ1n) is 20.2. The molecule has 1 atom stereocenters. The number of aromatic nitrogens is 8. The summed E-state index contributed by atoms with van der Waals surface area (Å²) in [5, 5.41) is 33.5. The maximum Gasteiger partial charge on any atom is 0.322 e. The van der Waals surface area contributed by atoms with Crippen molar-refractivity contribution in [1.82, 2.24) is 39.0 Å². The Labute approximate surface area is 365 Å². The van der Waals surface area contributed by atoms with Gasteiger partial charge < -0.3 is 33.9 Å². The summed E-state index contributed by atoms with van der Waals surface area (Å²) < 4.78 is 44.7. The van der Waals surface area contributed by atoms with Crippen molar-refractivity contribution in [2.24, 2.45) is 0 Å². The second kappa shape index (κ2) is 18.6. The van der Waals surface area contributed by atoms with E-state index in [1.165, 1.54) is 36.7 Å². The van der Waals surface area contributed by atoms with Crippen molar-refractivity contribution in [3.05, 3.63) is 181 Å². The van der Waals surface area contributed by atoms with Gasteiger partial charge in [-0.15, -0.1) is 0 Å². The van der Waals surface area contributed by atoms with Gasteiger partial charge in [0.05, 0.1) is 66.1 Å². The van der Waals surface area contributed by atoms with E-state index in [1.807, 2.05) is 66.7 Å². The Kier molecular flexibility index (Phi) is 12.0. The Morgan fingerprint density at radius 3 is 1.33 bits per heavy atom. The van der Waals surface area contributed by atoms with Crippen LogP contribution < -0.4 is 9.47 Å². The number of hydrogen-bond donors (Lipinski definition) is 3. The van der Waals surface area contributed by atoms with E-state index in [-0.39, 0.29) is 35.1 Å². The molecule has 4 aromatic heterocycles. The van der Waals surface area contributed by atoms with Gasteiger partial charge in [0.15, 0.2) is 11.6 Å². The normalized spacial score (nSPS) is 11.8. The molecule has 318 valence electrons. The van der Waals surface area contributed by atoms with Crippen LogP contribution in [0.5, 0.6) is 23.5 Å². The van der Waals surface area contributed by atoms with Crippen molar-refractivity contribution in [1.29, 1.82) is 0 Å². The Bertz CT molecular complexity index is 2990. The summed E-state index contributed by atoms with van der Waals surface area (Å²) in [6, 6.07) is 40.1. The summed E-state index contributed by atoms with van der Waals surface area (Å²) in [6.07, 6.45) is 3.04. The van der Waals surface area contributed by atoms with Crippen LogP contribution in [0, 0.1) is 11.6 Å². The van der Waals surface area contributed by atoms with Crippen LogP contribution in [0.3, 0.4) is 0 Å². The lowest BCUT2D eigenvalue weighted by Crippen LogP contribution is -2.22. The Hall–Kier alpha value is -7.98. The Morgan fingerprint density at radius 2 is 0.891 bits per heavy atom. The number of aliphatic hydroxyl groups is 3. The molecule has 15 heteroatoms. The zero-order valence-corrected chi connectivity index (χ0v) is 33.9. The molecule has 3 N–H and O–H groups in total. The summed E-state index contributed by atoms with van der Waals surface area (Å²) in [5.74, 6) is 0.294. The predicted octanol–water partition coefficient (Wildman–Crippen LogP) is 8.96. The lowest BCUT2D eigenvalue weighted by atomic mass is 10.0. The molecule has 13 nitrogen and oxygen atoms in total. The molecule has 0 radical (unpaired) electrons. The lowest BCUT2D eigenvalue weighted by molar-refractivity contribution is 0.156. The van der Waals surface area contributed by atoms with Gasteiger partial charge in [0, 0.05) is 23.5 Å². The van der Waals surface area contributed by atoms with Crippen molar-refractivity contribution < 1.29 is 33.6 Å². The molecule has 0 bridgehead atoms. The molecule has 9 rings (SSSR count). The topological polar surface area (TPSA) is 166 Å². The number of para-hydroxylation sites is 2. The number of hydrogen-bond acceptors (Lipinski definition) is 11. The Morgan fingerprint density at radius 1 is 0.469 bits per heavy atom. The number of ether oxygens (including phenoxy) is 2. The summed E-state index contributed by atoms with van der Waals surface area (Å²) in [7, 11) is 0. The average molecular weight is 857 g/mol. The molecular weight excluding hydrogens is 819 g/mol. The summed E-state index contributed by atoms with van der Waals surface area (Å²) >= 11 is 0. The molecule has 0 fully saturated rings. The molecule has 0 spiro atoms. The highest BCUT2D eigenvalue weighted by atomic mass is 19.1. The smallest absolute Gasteiger partial charge is 0.322 e. The van der Waals surface area contributed by atoms with Crippen molar-refractivity contribution in [3.8, 4) is 80.5 Å². The average Bonchev–Trinajstić information content (AvgIpc) is 3.91. The van der Waals surface area contributed by atoms with Gasteiger partial charge in [0.2, 0.25) is 0 Å². The summed E-state index contributed by atoms with van der Waals surface area (Å²) in [5.41, 5.74) is 3.51. The van der Waals surface area contributed by atoms with Crippen LogP contribution >= 0.6 is 0 Å². The van der Waals surface area contributed by atoms with Gasteiger partial charge >= 0.3 is 12.0 Å². The third-order valence-corrected chi connectivity index (χ3v) is 10.4. The van der Waals surface area contributed by atoms with E-state index in [0.29, 0.717) is 51.0 Å². The van der Waals surface area contributed by atoms with Crippen LogP contribution in [-0.2, 0) is 0 Å². The van der Waals surface area contributed by atoms with E-state index >= 15 is 0 Å². The number of aliphatic hydroxyl groups excluding tert-OH is 3. The Balaban J connectivity index is 1.37. The minimum absolute atomic E-state index is 0.00306. The molecule has 4 heterocycles. The third-order valence-electron chi connectivity index (χ3n) is 10.4. The van der Waals surface area contributed by atoms with Gasteiger partial charge in [-0.05, 0) is 90.5 Å². The fourth-order valence-corrected chi connectivity index (χ4v) is 7.41. The minimum atomic E-state index is -1.06. The van der Waals surface area contributed by atoms with Crippen LogP contribution in [0.1, 0.15) is 17.6 Å². The quantitative estimate of drug-likeness (QED) is 0.0901. The van der Waals surface area contributed by atoms with Crippen LogP contribution in [0.15, 0.2) is 164 Å². The van der Waals surface area contributed by atoms with Crippen molar-refractivity contribution >= 4 is 0 Å². The monoisotopic (exact) mass is 856 g/mol. The van der Waals surface area contributed by atoms with Crippen LogP contribution in [-0.4, -0.2) is 74.2 Å². The minimum Gasteiger partial charge on any atom is -0.424 e. The number of nitrogens with zero attached hydrogens (tertiary/aromatic N) is 8. The largest absolute Gasteiger partial charge is 0.424 e. The maximum atomic E-state index is 14.6. The number of rotatable bonds is 15. The molecule has 5 aromatic carbocycles. The zero-order chi connectivity index (χ0) is 44.0. The molecule has 0 aliphatic rings. The molecule has 0 saturated carbocycles. The molecule has 0 aliphatic carbocycles. The molecule has 1 unspecified atom stereocenters. The summed E-state index contributed by atoms with van der Waals surface area (Å²) in [6.45, 7) is -1.59. The van der Waals surface area contributed by atoms with Crippen LogP contribution in [0.4, 0.5) is 8.78 Å². The van der Waals surface area contributed by atoms with Crippen molar-refractivity contribution in [3.63, 3.8) is 0 Å². The van der Waals surface area contributed by atoms with E-state index in [2.05, 4.69) is 9.97 Å². The molecule has 0 saturated heterocycles. The molecule has 0 aliphatic heterocycles. The SMILES string of the molecule is OCC(CO)n1c(-c2nc(-c3ccc(F)cc3)c(-c3ccnc(Oc4ccccc4)n3)n2C(CO)c2ccccc2)nc(-c2ccc(F)cc2)c1-c1ccnc(Oc2ccccc2)n1. The number of benzene rings is 5. The van der Waals surface area contributed by atoms with E-state index < -0.39 is 43.5 Å². The fraction of sp³-hybridized carbons (Fsp3) is 0.102. The first-order valence-corrected chi connectivity index (χ1v) is 20.2. The number of imidazole rings is 2. The number of halogens is 2. The van der Waals surface area contributed by atoms with Gasteiger partial charge in [-0.1, -0.05) is 66.7 Å². The maximum absolute atomic E-state index is 14.6. The fourth-order valence-electron chi connectivity index (χ4n) is 7.41. The van der Waals surface area contributed by atoms with E-state index in [0.717, 1.165) is 0 Å². The second-order valence-corrected chi connectivity index (χ2v) is 14.4. The van der Waals surface area contributed by atoms with E-state index in [1.54, 1.807) is 69.8 Å². The third kappa shape index (κ3) is 8.45. The second-order valence-electron chi connectivity index (χ2n) is 14.4. The van der Waals surface area contributed by atoms with E-state index in [9.17, 15) is 24.1 Å². The van der Waals surface area contributed by atoms with E-state index in [4.69, 9.17) is 29.4 Å². The molecule has 9 aromatic rings. The van der Waals surface area contributed by atoms with Crippen molar-refractivity contribution in [2.75, 3.05) is 19.8 Å². The predicted molar refractivity (Wildman–Crippen MR) is 234 cm³/mol. The highest BCUT2D eigenvalue weighted by Gasteiger charge is 2.34.